The molecule has 1 fully saturated rings. The molecule has 0 bridgehead atoms. The van der Waals surface area contributed by atoms with Crippen LogP contribution in [0.4, 0.5) is 0 Å². The Kier molecular flexibility index (Phi) is 3.79. The minimum absolute atomic E-state index is 0.110. The smallest absolute Gasteiger partial charge is 0.338 e. The number of hydrogen-bond acceptors (Lipinski definition) is 6. The summed E-state index contributed by atoms with van der Waals surface area (Å²) in [5.41, 5.74) is 2.18. The van der Waals surface area contributed by atoms with Crippen LogP contribution in [-0.2, 0) is 18.4 Å². The lowest BCUT2D eigenvalue weighted by Crippen LogP contribution is -2.11. The van der Waals surface area contributed by atoms with Crippen molar-refractivity contribution in [1.82, 2.24) is 29.5 Å². The molecule has 1 aliphatic rings. The second-order valence-electron chi connectivity index (χ2n) is 6.22. The number of nitrogens with zero attached hydrogens (tertiary/aromatic N) is 6. The van der Waals surface area contributed by atoms with E-state index in [0.717, 1.165) is 29.9 Å². The SMILES string of the molecule is Cc1cc(-n2cncn2)ccc1C(=O)OCc1nnc(C2CC2)n1C. The number of aryl methyl sites for hydroxylation is 1. The summed E-state index contributed by atoms with van der Waals surface area (Å²) >= 11 is 0. The first kappa shape index (κ1) is 15.5. The standard InChI is InChI=1S/C17H18N6O2/c1-11-7-13(23-10-18-9-19-23)5-6-14(11)17(24)25-8-15-20-21-16(22(15)2)12-3-4-12/h5-7,9-10,12H,3-4,8H2,1-2H3. The number of hydrogen-bond donors (Lipinski definition) is 0. The summed E-state index contributed by atoms with van der Waals surface area (Å²) in [5.74, 6) is 1.76. The number of carbonyl (C=O) groups excluding carboxylic acids is 1. The topological polar surface area (TPSA) is 87.7 Å². The molecule has 1 saturated carbocycles. The predicted octanol–water partition coefficient (Wildman–Crippen LogP) is 1.94. The van der Waals surface area contributed by atoms with E-state index < -0.39 is 0 Å². The second-order valence-corrected chi connectivity index (χ2v) is 6.22. The first-order valence-corrected chi connectivity index (χ1v) is 8.14. The molecule has 0 aliphatic heterocycles. The molecule has 0 radical (unpaired) electrons. The van der Waals surface area contributed by atoms with E-state index in [4.69, 9.17) is 4.74 Å². The van der Waals surface area contributed by atoms with Crippen LogP contribution in [0, 0.1) is 6.92 Å². The molecule has 2 aromatic heterocycles. The Hall–Kier alpha value is -3.03. The molecule has 0 amide bonds. The zero-order valence-corrected chi connectivity index (χ0v) is 14.1. The van der Waals surface area contributed by atoms with Gasteiger partial charge in [0.25, 0.3) is 0 Å². The van der Waals surface area contributed by atoms with Gasteiger partial charge in [-0.1, -0.05) is 0 Å². The van der Waals surface area contributed by atoms with Gasteiger partial charge in [-0.25, -0.2) is 14.5 Å². The quantitative estimate of drug-likeness (QED) is 0.661. The van der Waals surface area contributed by atoms with Crippen LogP contribution in [0.2, 0.25) is 0 Å². The molecule has 0 spiro atoms. The van der Waals surface area contributed by atoms with Crippen LogP contribution in [0.15, 0.2) is 30.9 Å². The lowest BCUT2D eigenvalue weighted by atomic mass is 10.1. The van der Waals surface area contributed by atoms with E-state index in [-0.39, 0.29) is 12.6 Å². The van der Waals surface area contributed by atoms with Crippen LogP contribution < -0.4 is 0 Å². The highest BCUT2D eigenvalue weighted by molar-refractivity contribution is 5.91. The molecule has 8 nitrogen and oxygen atoms in total. The largest absolute Gasteiger partial charge is 0.454 e. The van der Waals surface area contributed by atoms with Crippen LogP contribution in [-0.4, -0.2) is 35.5 Å². The molecule has 25 heavy (non-hydrogen) atoms. The molecule has 2 heterocycles. The third-order valence-corrected chi connectivity index (χ3v) is 4.39. The van der Waals surface area contributed by atoms with Gasteiger partial charge in [-0.05, 0) is 43.5 Å². The Morgan fingerprint density at radius 2 is 2.16 bits per heavy atom. The van der Waals surface area contributed by atoms with Gasteiger partial charge < -0.3 is 9.30 Å². The van der Waals surface area contributed by atoms with Crippen molar-refractivity contribution in [2.45, 2.75) is 32.3 Å². The van der Waals surface area contributed by atoms with Crippen molar-refractivity contribution in [2.24, 2.45) is 7.05 Å². The minimum Gasteiger partial charge on any atom is -0.454 e. The summed E-state index contributed by atoms with van der Waals surface area (Å²) in [5, 5.41) is 12.4. The third kappa shape index (κ3) is 3.02. The van der Waals surface area contributed by atoms with E-state index in [0.29, 0.717) is 17.3 Å². The number of carbonyl (C=O) groups is 1. The molecule has 0 N–H and O–H groups in total. The first-order valence-electron chi connectivity index (χ1n) is 8.14. The molecular weight excluding hydrogens is 320 g/mol. The Balaban J connectivity index is 1.46. The Labute approximate surface area is 144 Å². The van der Waals surface area contributed by atoms with Crippen LogP contribution in [0.3, 0.4) is 0 Å². The van der Waals surface area contributed by atoms with Crippen molar-refractivity contribution in [3.8, 4) is 5.69 Å². The molecule has 128 valence electrons. The Morgan fingerprint density at radius 3 is 2.84 bits per heavy atom. The van der Waals surface area contributed by atoms with Crippen LogP contribution >= 0.6 is 0 Å². The van der Waals surface area contributed by atoms with E-state index in [1.807, 2.05) is 30.7 Å². The van der Waals surface area contributed by atoms with Crippen LogP contribution in [0.25, 0.3) is 5.69 Å². The average Bonchev–Trinajstić information content (AvgIpc) is 3.16. The lowest BCUT2D eigenvalue weighted by molar-refractivity contribution is 0.0457. The van der Waals surface area contributed by atoms with Gasteiger partial charge in [0.1, 0.15) is 18.5 Å². The Bertz CT molecular complexity index is 911. The predicted molar refractivity (Wildman–Crippen MR) is 88.2 cm³/mol. The zero-order valence-electron chi connectivity index (χ0n) is 14.1. The van der Waals surface area contributed by atoms with Crippen LogP contribution in [0.1, 0.15) is 46.3 Å². The highest BCUT2D eigenvalue weighted by Crippen LogP contribution is 2.38. The summed E-state index contributed by atoms with van der Waals surface area (Å²) in [4.78, 5) is 16.3. The molecule has 1 aliphatic carbocycles. The van der Waals surface area contributed by atoms with Crippen molar-refractivity contribution in [2.75, 3.05) is 0 Å². The highest BCUT2D eigenvalue weighted by atomic mass is 16.5. The molecule has 1 aromatic carbocycles. The van der Waals surface area contributed by atoms with Crippen molar-refractivity contribution in [3.63, 3.8) is 0 Å². The van der Waals surface area contributed by atoms with Gasteiger partial charge in [0.05, 0.1) is 11.3 Å². The fraction of sp³-hybridized carbons (Fsp3) is 0.353. The maximum absolute atomic E-state index is 12.4. The molecule has 0 saturated heterocycles. The van der Waals surface area contributed by atoms with Crippen molar-refractivity contribution in [3.05, 3.63) is 53.6 Å². The van der Waals surface area contributed by atoms with Gasteiger partial charge in [0, 0.05) is 13.0 Å². The van der Waals surface area contributed by atoms with Crippen LogP contribution in [0.5, 0.6) is 0 Å². The average molecular weight is 338 g/mol. The molecule has 8 heteroatoms. The van der Waals surface area contributed by atoms with E-state index in [1.165, 1.54) is 6.33 Å². The van der Waals surface area contributed by atoms with Gasteiger partial charge in [0.2, 0.25) is 0 Å². The van der Waals surface area contributed by atoms with Gasteiger partial charge in [-0.15, -0.1) is 10.2 Å². The summed E-state index contributed by atoms with van der Waals surface area (Å²) in [6.45, 7) is 1.98. The fourth-order valence-electron chi connectivity index (χ4n) is 2.77. The maximum Gasteiger partial charge on any atom is 0.338 e. The number of benzene rings is 1. The number of ether oxygens (including phenoxy) is 1. The van der Waals surface area contributed by atoms with E-state index in [1.54, 1.807) is 17.1 Å². The summed E-state index contributed by atoms with van der Waals surface area (Å²) in [6, 6.07) is 5.42. The lowest BCUT2D eigenvalue weighted by Gasteiger charge is -2.09. The van der Waals surface area contributed by atoms with Gasteiger partial charge >= 0.3 is 5.97 Å². The number of aromatic nitrogens is 6. The van der Waals surface area contributed by atoms with E-state index in [2.05, 4.69) is 20.3 Å². The molecule has 0 atom stereocenters. The summed E-state index contributed by atoms with van der Waals surface area (Å²) in [7, 11) is 1.91. The summed E-state index contributed by atoms with van der Waals surface area (Å²) < 4.78 is 8.99. The monoisotopic (exact) mass is 338 g/mol. The normalized spacial score (nSPS) is 13.8. The molecular formula is C17H18N6O2. The number of rotatable bonds is 5. The minimum atomic E-state index is -0.376. The van der Waals surface area contributed by atoms with Gasteiger partial charge in [0.15, 0.2) is 12.4 Å². The highest BCUT2D eigenvalue weighted by Gasteiger charge is 2.29. The van der Waals surface area contributed by atoms with Crippen molar-refractivity contribution < 1.29 is 9.53 Å². The van der Waals surface area contributed by atoms with E-state index >= 15 is 0 Å². The third-order valence-electron chi connectivity index (χ3n) is 4.39. The zero-order chi connectivity index (χ0) is 17.4. The molecule has 3 aromatic rings. The summed E-state index contributed by atoms with van der Waals surface area (Å²) in [6.07, 6.45) is 5.39. The fourth-order valence-corrected chi connectivity index (χ4v) is 2.77. The molecule has 0 unspecified atom stereocenters. The first-order chi connectivity index (χ1) is 12.1. The van der Waals surface area contributed by atoms with Crippen molar-refractivity contribution in [1.29, 1.82) is 0 Å². The number of esters is 1. The molecule has 4 rings (SSSR count). The Morgan fingerprint density at radius 1 is 1.32 bits per heavy atom. The van der Waals surface area contributed by atoms with E-state index in [9.17, 15) is 4.79 Å². The van der Waals surface area contributed by atoms with Gasteiger partial charge in [-0.3, -0.25) is 0 Å². The maximum atomic E-state index is 12.4. The van der Waals surface area contributed by atoms with Crippen molar-refractivity contribution >= 4 is 5.97 Å². The second kappa shape index (κ2) is 6.12. The van der Waals surface area contributed by atoms with Gasteiger partial charge in [-0.2, -0.15) is 5.10 Å².